The van der Waals surface area contributed by atoms with E-state index in [9.17, 15) is 13.6 Å². The Morgan fingerprint density at radius 1 is 1.33 bits per heavy atom. The van der Waals surface area contributed by atoms with Crippen LogP contribution >= 0.6 is 0 Å². The fraction of sp³-hybridized carbons (Fsp3) is 0.810. The number of aryl methyl sites for hydroxylation is 1. The predicted octanol–water partition coefficient (Wildman–Crippen LogP) is 2.39. The molecule has 168 valence electrons. The van der Waals surface area contributed by atoms with Crippen molar-refractivity contribution in [3.8, 4) is 0 Å². The Bertz CT molecular complexity index is 737. The van der Waals surface area contributed by atoms with Crippen LogP contribution < -0.4 is 5.32 Å². The number of ether oxygens (including phenoxy) is 1. The topological polar surface area (TPSA) is 62.6 Å². The zero-order chi connectivity index (χ0) is 21.3. The van der Waals surface area contributed by atoms with Crippen molar-refractivity contribution in [3.05, 3.63) is 11.8 Å². The third-order valence-electron chi connectivity index (χ3n) is 6.69. The molecule has 3 aliphatic rings. The third kappa shape index (κ3) is 4.61. The van der Waals surface area contributed by atoms with E-state index in [1.54, 1.807) is 0 Å². The van der Waals surface area contributed by atoms with Crippen molar-refractivity contribution in [2.45, 2.75) is 51.6 Å². The molecule has 1 N–H and O–H groups in total. The van der Waals surface area contributed by atoms with Gasteiger partial charge in [0, 0.05) is 50.7 Å². The van der Waals surface area contributed by atoms with Crippen LogP contribution in [-0.4, -0.2) is 83.9 Å². The van der Waals surface area contributed by atoms with Gasteiger partial charge < -0.3 is 15.0 Å². The van der Waals surface area contributed by atoms with E-state index < -0.39 is 12.5 Å². The summed E-state index contributed by atoms with van der Waals surface area (Å²) in [4.78, 5) is 17.3. The number of fused-ring (bicyclic) bond motifs is 1. The number of alkyl halides is 2. The Hall–Kier alpha value is -1.74. The minimum absolute atomic E-state index is 0.0703. The van der Waals surface area contributed by atoms with Gasteiger partial charge >= 0.3 is 0 Å². The zero-order valence-corrected chi connectivity index (χ0v) is 17.9. The molecular formula is C21H33F2N5O2. The van der Waals surface area contributed by atoms with Gasteiger partial charge in [0.1, 0.15) is 11.9 Å². The van der Waals surface area contributed by atoms with Gasteiger partial charge in [-0.1, -0.05) is 6.92 Å². The standard InChI is InChI=1S/C21H33F2N5O2/c1-14(12-26-6-8-30-9-7-26)21(29)27-5-3-4-16(13-27)17-11-18(20(22)23)28-19(24-17)10-15(2)25-28/h10,14,16-18,20,24H,3-9,11-13H2,1-2H3/t14-,16+,17-,18+/m0/s1. The highest BCUT2D eigenvalue weighted by Gasteiger charge is 2.39. The number of morpholine rings is 1. The molecule has 4 heterocycles. The van der Waals surface area contributed by atoms with Crippen LogP contribution in [0.1, 0.15) is 37.9 Å². The zero-order valence-electron chi connectivity index (χ0n) is 17.9. The molecule has 1 aromatic rings. The third-order valence-corrected chi connectivity index (χ3v) is 6.69. The second-order valence-corrected chi connectivity index (χ2v) is 9.00. The van der Waals surface area contributed by atoms with Crippen LogP contribution in [0.2, 0.25) is 0 Å². The summed E-state index contributed by atoms with van der Waals surface area (Å²) in [6.07, 6.45) is -0.261. The van der Waals surface area contributed by atoms with E-state index >= 15 is 0 Å². The first-order valence-electron chi connectivity index (χ1n) is 11.1. The maximum Gasteiger partial charge on any atom is 0.260 e. The first kappa shape index (κ1) is 21.5. The van der Waals surface area contributed by atoms with Crippen LogP contribution in [0.25, 0.3) is 0 Å². The number of carbonyl (C=O) groups excluding carboxylic acids is 1. The predicted molar refractivity (Wildman–Crippen MR) is 110 cm³/mol. The highest BCUT2D eigenvalue weighted by molar-refractivity contribution is 5.78. The van der Waals surface area contributed by atoms with E-state index in [4.69, 9.17) is 4.74 Å². The van der Waals surface area contributed by atoms with E-state index in [1.165, 1.54) is 4.68 Å². The first-order valence-corrected chi connectivity index (χ1v) is 11.1. The number of halogens is 2. The number of nitrogens with zero attached hydrogens (tertiary/aromatic N) is 4. The lowest BCUT2D eigenvalue weighted by molar-refractivity contribution is -0.138. The van der Waals surface area contributed by atoms with E-state index in [0.717, 1.165) is 57.9 Å². The first-order chi connectivity index (χ1) is 14.4. The van der Waals surface area contributed by atoms with Gasteiger partial charge in [-0.05, 0) is 32.1 Å². The Kier molecular flexibility index (Phi) is 6.57. The minimum atomic E-state index is -2.46. The van der Waals surface area contributed by atoms with E-state index in [-0.39, 0.29) is 23.8 Å². The molecule has 30 heavy (non-hydrogen) atoms. The highest BCUT2D eigenvalue weighted by Crippen LogP contribution is 2.36. The molecule has 2 saturated heterocycles. The van der Waals surface area contributed by atoms with Crippen LogP contribution in [0.5, 0.6) is 0 Å². The number of rotatable bonds is 5. The second kappa shape index (κ2) is 9.18. The molecule has 0 spiro atoms. The highest BCUT2D eigenvalue weighted by atomic mass is 19.3. The van der Waals surface area contributed by atoms with Gasteiger partial charge in [0.15, 0.2) is 0 Å². The lowest BCUT2D eigenvalue weighted by Gasteiger charge is -2.42. The molecule has 0 bridgehead atoms. The summed E-state index contributed by atoms with van der Waals surface area (Å²) < 4.78 is 34.3. The molecule has 4 rings (SSSR count). The van der Waals surface area contributed by atoms with Gasteiger partial charge in [-0.2, -0.15) is 5.10 Å². The smallest absolute Gasteiger partial charge is 0.260 e. The van der Waals surface area contributed by atoms with Crippen LogP contribution in [0.3, 0.4) is 0 Å². The van der Waals surface area contributed by atoms with Gasteiger partial charge in [-0.3, -0.25) is 9.69 Å². The number of hydrogen-bond acceptors (Lipinski definition) is 5. The molecule has 0 aromatic carbocycles. The normalized spacial score (nSPS) is 28.8. The van der Waals surface area contributed by atoms with Crippen LogP contribution in [0.4, 0.5) is 14.6 Å². The summed E-state index contributed by atoms with van der Waals surface area (Å²) in [5, 5.41) is 7.69. The number of piperidine rings is 1. The van der Waals surface area contributed by atoms with Crippen molar-refractivity contribution in [1.29, 1.82) is 0 Å². The van der Waals surface area contributed by atoms with Crippen LogP contribution in [-0.2, 0) is 9.53 Å². The van der Waals surface area contributed by atoms with E-state index in [2.05, 4.69) is 15.3 Å². The summed E-state index contributed by atoms with van der Waals surface area (Å²) in [6.45, 7) is 9.14. The van der Waals surface area contributed by atoms with Gasteiger partial charge in [0.25, 0.3) is 6.43 Å². The molecule has 0 radical (unpaired) electrons. The van der Waals surface area contributed by atoms with E-state index in [0.29, 0.717) is 18.8 Å². The largest absolute Gasteiger partial charge is 0.379 e. The Balaban J connectivity index is 1.39. The number of amides is 1. The van der Waals surface area contributed by atoms with Crippen molar-refractivity contribution < 1.29 is 18.3 Å². The van der Waals surface area contributed by atoms with Crippen molar-refractivity contribution in [1.82, 2.24) is 19.6 Å². The lowest BCUT2D eigenvalue weighted by Crippen LogP contribution is -2.50. The molecule has 4 atom stereocenters. The van der Waals surface area contributed by atoms with Crippen LogP contribution in [0.15, 0.2) is 6.07 Å². The average molecular weight is 426 g/mol. The van der Waals surface area contributed by atoms with Gasteiger partial charge in [-0.25, -0.2) is 13.5 Å². The molecule has 0 aliphatic carbocycles. The van der Waals surface area contributed by atoms with E-state index in [1.807, 2.05) is 24.8 Å². The average Bonchev–Trinajstić information content (AvgIpc) is 3.13. The SMILES string of the molecule is Cc1cc2n(n1)[C@@H](C(F)F)C[C@@H]([C@@H]1CCCN(C(=O)[C@@H](C)CN3CCOCC3)C1)N2. The molecule has 0 unspecified atom stereocenters. The summed E-state index contributed by atoms with van der Waals surface area (Å²) in [7, 11) is 0. The number of likely N-dealkylation sites (tertiary alicyclic amines) is 1. The molecule has 1 aromatic heterocycles. The number of aromatic nitrogens is 2. The number of nitrogens with one attached hydrogen (secondary N) is 1. The minimum Gasteiger partial charge on any atom is -0.379 e. The Morgan fingerprint density at radius 2 is 2.10 bits per heavy atom. The van der Waals surface area contributed by atoms with Crippen molar-refractivity contribution in [3.63, 3.8) is 0 Å². The molecule has 7 nitrogen and oxygen atoms in total. The van der Waals surface area contributed by atoms with Gasteiger partial charge in [0.2, 0.25) is 5.91 Å². The van der Waals surface area contributed by atoms with Crippen molar-refractivity contribution >= 4 is 11.7 Å². The molecule has 0 saturated carbocycles. The molecule has 1 amide bonds. The fourth-order valence-corrected chi connectivity index (χ4v) is 5.11. The summed E-state index contributed by atoms with van der Waals surface area (Å²) >= 11 is 0. The number of hydrogen-bond donors (Lipinski definition) is 1. The maximum atomic E-state index is 13.7. The molecule has 9 heteroatoms. The Morgan fingerprint density at radius 3 is 2.83 bits per heavy atom. The number of carbonyl (C=O) groups is 1. The van der Waals surface area contributed by atoms with Crippen molar-refractivity contribution in [2.75, 3.05) is 51.3 Å². The monoisotopic (exact) mass is 425 g/mol. The van der Waals surface area contributed by atoms with Crippen LogP contribution in [0, 0.1) is 18.8 Å². The molecule has 3 aliphatic heterocycles. The fourth-order valence-electron chi connectivity index (χ4n) is 5.11. The Labute approximate surface area is 176 Å². The van der Waals surface area contributed by atoms with Gasteiger partial charge in [0.05, 0.1) is 18.9 Å². The second-order valence-electron chi connectivity index (χ2n) is 9.00. The summed E-state index contributed by atoms with van der Waals surface area (Å²) in [5.41, 5.74) is 0.737. The van der Waals surface area contributed by atoms with Gasteiger partial charge in [-0.15, -0.1) is 0 Å². The summed E-state index contributed by atoms with van der Waals surface area (Å²) in [5.74, 6) is 0.939. The molecular weight excluding hydrogens is 392 g/mol. The molecule has 2 fully saturated rings. The quantitative estimate of drug-likeness (QED) is 0.785. The summed E-state index contributed by atoms with van der Waals surface area (Å²) in [6, 6.07) is 0.849. The lowest BCUT2D eigenvalue weighted by atomic mass is 9.85. The van der Waals surface area contributed by atoms with Crippen molar-refractivity contribution in [2.24, 2.45) is 11.8 Å². The maximum absolute atomic E-state index is 13.7. The number of anilines is 1.